The summed E-state index contributed by atoms with van der Waals surface area (Å²) in [5, 5.41) is 9.78. The van der Waals surface area contributed by atoms with Gasteiger partial charge in [0.2, 0.25) is 10.0 Å². The SMILES string of the molecule is C[C@H](CO)N1C[C@H](C)[C@H](CN(C)CC2CCCCC2)Oc2c(NS(C)(=O)=O)cccc2C1=O. The van der Waals surface area contributed by atoms with E-state index in [9.17, 15) is 18.3 Å². The number of likely N-dealkylation sites (N-methyl/N-ethyl adjacent to an activating group) is 1. The van der Waals surface area contributed by atoms with E-state index in [0.29, 0.717) is 24.6 Å². The van der Waals surface area contributed by atoms with Crippen molar-refractivity contribution in [3.8, 4) is 5.75 Å². The van der Waals surface area contributed by atoms with Gasteiger partial charge in [0, 0.05) is 25.6 Å². The largest absolute Gasteiger partial charge is 0.486 e. The number of carbonyl (C=O) groups excluding carboxylic acids is 1. The third-order valence-corrected chi connectivity index (χ3v) is 7.36. The minimum Gasteiger partial charge on any atom is -0.486 e. The number of anilines is 1. The lowest BCUT2D eigenvalue weighted by Gasteiger charge is -2.39. The fourth-order valence-corrected chi connectivity index (χ4v) is 5.49. The Labute approximate surface area is 198 Å². The van der Waals surface area contributed by atoms with Gasteiger partial charge in [0.25, 0.3) is 5.91 Å². The predicted molar refractivity (Wildman–Crippen MR) is 130 cm³/mol. The van der Waals surface area contributed by atoms with Gasteiger partial charge in [-0.25, -0.2) is 8.42 Å². The number of fused-ring (bicyclic) bond motifs is 1. The number of sulfonamides is 1. The molecule has 2 aliphatic rings. The molecule has 0 radical (unpaired) electrons. The Balaban J connectivity index is 1.92. The first kappa shape index (κ1) is 25.8. The van der Waals surface area contributed by atoms with E-state index in [-0.39, 0.29) is 42.0 Å². The molecule has 8 nitrogen and oxygen atoms in total. The van der Waals surface area contributed by atoms with Gasteiger partial charge < -0.3 is 19.6 Å². The standard InChI is InChI=1S/C24H39N3O5S/c1-17-13-27(18(2)16-28)24(29)20-11-8-12-21(25-33(4,30)31)23(20)32-22(17)15-26(3)14-19-9-6-5-7-10-19/h8,11-12,17-19,22,25,28H,5-7,9-10,13-16H2,1-4H3/t17-,18+,22-/m0/s1. The molecule has 1 fully saturated rings. The summed E-state index contributed by atoms with van der Waals surface area (Å²) < 4.78 is 32.9. The second kappa shape index (κ2) is 11.1. The van der Waals surface area contributed by atoms with Crippen LogP contribution in [0.1, 0.15) is 56.3 Å². The molecule has 1 amide bonds. The van der Waals surface area contributed by atoms with Crippen LogP contribution >= 0.6 is 0 Å². The molecule has 1 heterocycles. The first-order valence-corrected chi connectivity index (χ1v) is 13.9. The zero-order valence-corrected chi connectivity index (χ0v) is 21.1. The molecule has 1 aromatic rings. The number of ether oxygens (including phenoxy) is 1. The summed E-state index contributed by atoms with van der Waals surface area (Å²) in [6.45, 7) is 5.82. The van der Waals surface area contributed by atoms with Crippen molar-refractivity contribution in [3.63, 3.8) is 0 Å². The zero-order chi connectivity index (χ0) is 24.2. The Hall–Kier alpha value is -1.84. The van der Waals surface area contributed by atoms with Gasteiger partial charge in [0.15, 0.2) is 5.75 Å². The zero-order valence-electron chi connectivity index (χ0n) is 20.3. The summed E-state index contributed by atoms with van der Waals surface area (Å²) in [7, 11) is -1.46. The molecular formula is C24H39N3O5S. The lowest BCUT2D eigenvalue weighted by atomic mass is 9.89. The molecule has 1 aliphatic carbocycles. The maximum absolute atomic E-state index is 13.4. The minimum atomic E-state index is -3.56. The van der Waals surface area contributed by atoms with E-state index >= 15 is 0 Å². The Bertz CT molecular complexity index is 917. The van der Waals surface area contributed by atoms with E-state index in [4.69, 9.17) is 4.74 Å². The maximum Gasteiger partial charge on any atom is 0.258 e. The summed E-state index contributed by atoms with van der Waals surface area (Å²) in [5.74, 6) is 0.654. The molecule has 3 rings (SSSR count). The fraction of sp³-hybridized carbons (Fsp3) is 0.708. The predicted octanol–water partition coefficient (Wildman–Crippen LogP) is 2.79. The molecule has 2 N–H and O–H groups in total. The van der Waals surface area contributed by atoms with Gasteiger partial charge in [-0.05, 0) is 44.9 Å². The van der Waals surface area contributed by atoms with Crippen molar-refractivity contribution in [1.82, 2.24) is 9.80 Å². The average Bonchev–Trinajstić information content (AvgIpc) is 2.75. The van der Waals surface area contributed by atoms with Crippen LogP contribution in [-0.4, -0.2) is 80.9 Å². The number of aliphatic hydroxyl groups is 1. The molecule has 0 unspecified atom stereocenters. The highest BCUT2D eigenvalue weighted by molar-refractivity contribution is 7.92. The van der Waals surface area contributed by atoms with E-state index < -0.39 is 10.0 Å². The van der Waals surface area contributed by atoms with Crippen molar-refractivity contribution in [2.75, 3.05) is 44.3 Å². The van der Waals surface area contributed by atoms with Crippen molar-refractivity contribution >= 4 is 21.6 Å². The number of hydrogen-bond acceptors (Lipinski definition) is 6. The maximum atomic E-state index is 13.4. The minimum absolute atomic E-state index is 0.0174. The Morgan fingerprint density at radius 1 is 1.24 bits per heavy atom. The third-order valence-electron chi connectivity index (χ3n) is 6.77. The van der Waals surface area contributed by atoms with Crippen molar-refractivity contribution in [1.29, 1.82) is 0 Å². The highest BCUT2D eigenvalue weighted by Crippen LogP contribution is 2.35. The lowest BCUT2D eigenvalue weighted by molar-refractivity contribution is 0.0333. The number of aliphatic hydroxyl groups excluding tert-OH is 1. The van der Waals surface area contributed by atoms with Gasteiger partial charge >= 0.3 is 0 Å². The molecule has 1 aliphatic heterocycles. The molecule has 33 heavy (non-hydrogen) atoms. The number of benzene rings is 1. The molecule has 9 heteroatoms. The second-order valence-corrected chi connectivity index (χ2v) is 11.7. The van der Waals surface area contributed by atoms with Crippen molar-refractivity contribution in [2.45, 2.75) is 58.1 Å². The number of amides is 1. The smallest absolute Gasteiger partial charge is 0.258 e. The highest BCUT2D eigenvalue weighted by Gasteiger charge is 2.35. The van der Waals surface area contributed by atoms with Gasteiger partial charge in [-0.3, -0.25) is 9.52 Å². The van der Waals surface area contributed by atoms with Crippen LogP contribution in [-0.2, 0) is 10.0 Å². The van der Waals surface area contributed by atoms with Crippen molar-refractivity contribution < 1.29 is 23.1 Å². The molecule has 0 aromatic heterocycles. The van der Waals surface area contributed by atoms with Gasteiger partial charge in [0.05, 0.1) is 30.2 Å². The van der Waals surface area contributed by atoms with Gasteiger partial charge in [-0.2, -0.15) is 0 Å². The fourth-order valence-electron chi connectivity index (χ4n) is 4.93. The molecule has 1 aromatic carbocycles. The van der Waals surface area contributed by atoms with E-state index in [1.165, 1.54) is 32.1 Å². The molecule has 3 atom stereocenters. The van der Waals surface area contributed by atoms with Crippen LogP contribution in [0.4, 0.5) is 5.69 Å². The van der Waals surface area contributed by atoms with Crippen LogP contribution in [0.25, 0.3) is 0 Å². The van der Waals surface area contributed by atoms with Crippen molar-refractivity contribution in [3.05, 3.63) is 23.8 Å². The van der Waals surface area contributed by atoms with Gasteiger partial charge in [0.1, 0.15) is 6.10 Å². The average molecular weight is 482 g/mol. The molecule has 1 saturated carbocycles. The van der Waals surface area contributed by atoms with Crippen LogP contribution in [0, 0.1) is 11.8 Å². The topological polar surface area (TPSA) is 99.2 Å². The molecule has 0 bridgehead atoms. The molecule has 0 spiro atoms. The summed E-state index contributed by atoms with van der Waals surface area (Å²) in [5.41, 5.74) is 0.560. The van der Waals surface area contributed by atoms with E-state index in [2.05, 4.69) is 16.7 Å². The Morgan fingerprint density at radius 3 is 2.58 bits per heavy atom. The first-order chi connectivity index (χ1) is 15.6. The normalized spacial score (nSPS) is 23.5. The van der Waals surface area contributed by atoms with Crippen molar-refractivity contribution in [2.24, 2.45) is 11.8 Å². The number of hydrogen-bond donors (Lipinski definition) is 2. The van der Waals surface area contributed by atoms with Gasteiger partial charge in [-0.15, -0.1) is 0 Å². The molecular weight excluding hydrogens is 442 g/mol. The Morgan fingerprint density at radius 2 is 1.94 bits per heavy atom. The highest BCUT2D eigenvalue weighted by atomic mass is 32.2. The van der Waals surface area contributed by atoms with E-state index in [0.717, 1.165) is 12.8 Å². The van der Waals surface area contributed by atoms with E-state index in [1.807, 2.05) is 13.8 Å². The number of carbonyl (C=O) groups is 1. The first-order valence-electron chi connectivity index (χ1n) is 12.0. The second-order valence-electron chi connectivity index (χ2n) is 9.90. The van der Waals surface area contributed by atoms with Crippen LogP contribution < -0.4 is 9.46 Å². The summed E-state index contributed by atoms with van der Waals surface area (Å²) in [6.07, 6.45) is 7.25. The number of nitrogens with zero attached hydrogens (tertiary/aromatic N) is 2. The van der Waals surface area contributed by atoms with E-state index in [1.54, 1.807) is 23.1 Å². The van der Waals surface area contributed by atoms with Gasteiger partial charge in [-0.1, -0.05) is 32.3 Å². The number of para-hydroxylation sites is 1. The summed E-state index contributed by atoms with van der Waals surface area (Å²) >= 11 is 0. The Kier molecular flexibility index (Phi) is 8.64. The number of rotatable bonds is 8. The number of nitrogens with one attached hydrogen (secondary N) is 1. The van der Waals surface area contributed by atoms with Crippen LogP contribution in [0.2, 0.25) is 0 Å². The van der Waals surface area contributed by atoms with Crippen LogP contribution in [0.15, 0.2) is 18.2 Å². The third kappa shape index (κ3) is 6.83. The quantitative estimate of drug-likeness (QED) is 0.592. The summed E-state index contributed by atoms with van der Waals surface area (Å²) in [4.78, 5) is 17.4. The summed E-state index contributed by atoms with van der Waals surface area (Å²) in [6, 6.07) is 4.55. The van der Waals surface area contributed by atoms with Crippen LogP contribution in [0.3, 0.4) is 0 Å². The lowest BCUT2D eigenvalue weighted by Crippen LogP contribution is -2.50. The molecule has 186 valence electrons. The monoisotopic (exact) mass is 481 g/mol. The molecule has 0 saturated heterocycles. The van der Waals surface area contributed by atoms with Crippen LogP contribution in [0.5, 0.6) is 5.75 Å².